The van der Waals surface area contributed by atoms with Crippen LogP contribution in [0.1, 0.15) is 23.0 Å². The Morgan fingerprint density at radius 3 is 2.41 bits per heavy atom. The number of nitrogens with one attached hydrogen (secondary N) is 2. The first kappa shape index (κ1) is 24.0. The Bertz CT molecular complexity index is 1570. The zero-order valence-electron chi connectivity index (χ0n) is 19.8. The smallest absolute Gasteiger partial charge is 0.249 e. The molecule has 0 aliphatic carbocycles. The number of amides is 2. The van der Waals surface area contributed by atoms with Crippen LogP contribution < -0.4 is 10.6 Å². The van der Waals surface area contributed by atoms with Crippen LogP contribution >= 0.6 is 11.8 Å². The Balaban J connectivity index is 1.51. The quantitative estimate of drug-likeness (QED) is 0.278. The van der Waals surface area contributed by atoms with Gasteiger partial charge in [-0.3, -0.25) is 14.4 Å². The molecular formula is C28H21N5O3S. The lowest BCUT2D eigenvalue weighted by Gasteiger charge is -2.18. The van der Waals surface area contributed by atoms with Crippen LogP contribution in [-0.2, 0) is 15.3 Å². The Hall–Kier alpha value is -4.68. The van der Waals surface area contributed by atoms with E-state index in [0.717, 1.165) is 21.8 Å². The number of Topliss-reactive ketones (excluding diaryl/α,β-unsaturated/α-hetero) is 1. The highest BCUT2D eigenvalue weighted by Gasteiger charge is 2.35. The fourth-order valence-electron chi connectivity index (χ4n) is 4.22. The number of aromatic nitrogens is 2. The maximum Gasteiger partial charge on any atom is 0.249 e. The van der Waals surface area contributed by atoms with Crippen molar-refractivity contribution in [3.05, 3.63) is 90.1 Å². The van der Waals surface area contributed by atoms with Crippen LogP contribution in [-0.4, -0.2) is 27.4 Å². The number of carbonyl (C=O) groups is 3. The summed E-state index contributed by atoms with van der Waals surface area (Å²) in [6.45, 7) is 1.38. The number of rotatable bonds is 6. The van der Waals surface area contributed by atoms with E-state index in [4.69, 9.17) is 0 Å². The number of fused-ring (bicyclic) bond motifs is 3. The average molecular weight is 508 g/mol. The van der Waals surface area contributed by atoms with Gasteiger partial charge in [0.25, 0.3) is 0 Å². The van der Waals surface area contributed by atoms with E-state index in [1.807, 2.05) is 60.7 Å². The van der Waals surface area contributed by atoms with Crippen molar-refractivity contribution in [3.8, 4) is 23.0 Å². The molecule has 2 amide bonds. The molecule has 9 heteroatoms. The molecule has 1 aliphatic rings. The molecule has 0 radical (unpaired) electrons. The number of carbonyl (C=O) groups excluding carboxylic acids is 3. The van der Waals surface area contributed by atoms with E-state index in [-0.39, 0.29) is 11.6 Å². The second-order valence-corrected chi connectivity index (χ2v) is 9.40. The summed E-state index contributed by atoms with van der Waals surface area (Å²) in [6.07, 6.45) is 0. The lowest BCUT2D eigenvalue weighted by molar-refractivity contribution is -0.117. The summed E-state index contributed by atoms with van der Waals surface area (Å²) in [5.41, 5.74) is 4.13. The summed E-state index contributed by atoms with van der Waals surface area (Å²) in [5.74, 6) is -2.80. The molecule has 5 rings (SSSR count). The molecule has 1 unspecified atom stereocenters. The van der Waals surface area contributed by atoms with Crippen LogP contribution in [0.5, 0.6) is 0 Å². The second kappa shape index (κ2) is 10.1. The predicted octanol–water partition coefficient (Wildman–Crippen LogP) is 5.06. The predicted molar refractivity (Wildman–Crippen MR) is 141 cm³/mol. The van der Waals surface area contributed by atoms with Crippen LogP contribution in [0.2, 0.25) is 0 Å². The van der Waals surface area contributed by atoms with Crippen molar-refractivity contribution in [1.29, 1.82) is 5.26 Å². The molecule has 0 bridgehead atoms. The first-order chi connectivity index (χ1) is 18.0. The first-order valence-corrected chi connectivity index (χ1v) is 12.5. The van der Waals surface area contributed by atoms with Crippen molar-refractivity contribution in [1.82, 2.24) is 9.78 Å². The largest absolute Gasteiger partial charge is 0.326 e. The summed E-state index contributed by atoms with van der Waals surface area (Å²) < 4.78 is 1.71. The Kier molecular flexibility index (Phi) is 6.58. The topological polar surface area (TPSA) is 117 Å². The Labute approximate surface area is 217 Å². The highest BCUT2D eigenvalue weighted by atomic mass is 32.2. The lowest BCUT2D eigenvalue weighted by Crippen LogP contribution is -2.29. The molecule has 1 aromatic heterocycles. The van der Waals surface area contributed by atoms with Crippen LogP contribution in [0.4, 0.5) is 11.4 Å². The van der Waals surface area contributed by atoms with Gasteiger partial charge in [-0.2, -0.15) is 10.4 Å². The van der Waals surface area contributed by atoms with Gasteiger partial charge in [0.2, 0.25) is 17.6 Å². The van der Waals surface area contributed by atoms with Crippen LogP contribution in [0.3, 0.4) is 0 Å². The molecule has 0 saturated heterocycles. The summed E-state index contributed by atoms with van der Waals surface area (Å²) in [5, 5.41) is 19.7. The van der Waals surface area contributed by atoms with Gasteiger partial charge >= 0.3 is 0 Å². The fourth-order valence-corrected chi connectivity index (χ4v) is 5.29. The Morgan fingerprint density at radius 1 is 0.973 bits per heavy atom. The van der Waals surface area contributed by atoms with Crippen molar-refractivity contribution in [2.24, 2.45) is 5.92 Å². The normalized spacial score (nSPS) is 12.4. The number of ketones is 1. The van der Waals surface area contributed by atoms with Crippen molar-refractivity contribution in [2.45, 2.75) is 17.6 Å². The molecule has 0 saturated carbocycles. The highest BCUT2D eigenvalue weighted by Crippen LogP contribution is 2.44. The zero-order valence-corrected chi connectivity index (χ0v) is 20.6. The van der Waals surface area contributed by atoms with Gasteiger partial charge in [0.15, 0.2) is 5.92 Å². The molecule has 3 aromatic carbocycles. The van der Waals surface area contributed by atoms with Gasteiger partial charge < -0.3 is 10.6 Å². The van der Waals surface area contributed by atoms with Crippen LogP contribution in [0.25, 0.3) is 16.9 Å². The third kappa shape index (κ3) is 4.75. The van der Waals surface area contributed by atoms with Crippen molar-refractivity contribution in [3.63, 3.8) is 0 Å². The number of hydrogen-bond donors (Lipinski definition) is 2. The summed E-state index contributed by atoms with van der Waals surface area (Å²) in [7, 11) is 0. The maximum atomic E-state index is 13.6. The van der Waals surface area contributed by atoms with E-state index in [1.54, 1.807) is 40.7 Å². The molecule has 1 atom stereocenters. The number of nitriles is 1. The van der Waals surface area contributed by atoms with Gasteiger partial charge in [-0.15, -0.1) is 11.8 Å². The number of benzene rings is 3. The zero-order chi connectivity index (χ0) is 25.9. The van der Waals surface area contributed by atoms with Gasteiger partial charge in [-0.05, 0) is 36.4 Å². The summed E-state index contributed by atoms with van der Waals surface area (Å²) in [4.78, 5) is 39.1. The number of thioether (sulfide) groups is 1. The summed E-state index contributed by atoms with van der Waals surface area (Å²) in [6, 6.07) is 25.7. The third-order valence-electron chi connectivity index (χ3n) is 5.84. The van der Waals surface area contributed by atoms with E-state index in [1.165, 1.54) is 6.92 Å². The van der Waals surface area contributed by atoms with E-state index in [0.29, 0.717) is 22.7 Å². The molecule has 0 spiro atoms. The molecule has 2 N–H and O–H groups in total. The van der Waals surface area contributed by atoms with Gasteiger partial charge in [0, 0.05) is 40.1 Å². The SMILES string of the molecule is CC(=O)Nc1cccc(NC(=O)C(C#N)C(=O)c2nn(-c3ccccc3)c3c2CSc2ccccc2-3)c1. The third-order valence-corrected chi connectivity index (χ3v) is 6.94. The summed E-state index contributed by atoms with van der Waals surface area (Å²) >= 11 is 1.58. The van der Waals surface area contributed by atoms with Crippen LogP contribution in [0.15, 0.2) is 83.8 Å². The second-order valence-electron chi connectivity index (χ2n) is 8.39. The maximum absolute atomic E-state index is 13.6. The minimum Gasteiger partial charge on any atom is -0.326 e. The van der Waals surface area contributed by atoms with Gasteiger partial charge in [-0.1, -0.05) is 42.5 Å². The standard InChI is InChI=1S/C28H21N5O3S/c1-17(34)30-18-8-7-9-19(14-18)31-28(36)22(15-29)27(35)25-23-16-37-24-13-6-5-12-21(24)26(23)33(32-25)20-10-3-2-4-11-20/h2-14,22H,16H2,1H3,(H,30,34)(H,31,36). The number of para-hydroxylation sites is 1. The first-order valence-electron chi connectivity index (χ1n) is 11.5. The molecule has 8 nitrogen and oxygen atoms in total. The number of anilines is 2. The minimum atomic E-state index is -1.60. The van der Waals surface area contributed by atoms with E-state index in [2.05, 4.69) is 15.7 Å². The molecule has 182 valence electrons. The monoisotopic (exact) mass is 507 g/mol. The highest BCUT2D eigenvalue weighted by molar-refractivity contribution is 7.98. The average Bonchev–Trinajstić information content (AvgIpc) is 3.30. The van der Waals surface area contributed by atoms with Crippen molar-refractivity contribution >= 4 is 40.7 Å². The van der Waals surface area contributed by atoms with Gasteiger partial charge in [0.05, 0.1) is 17.5 Å². The minimum absolute atomic E-state index is 0.106. The number of nitrogens with zero attached hydrogens (tertiary/aromatic N) is 3. The van der Waals surface area contributed by atoms with Crippen LogP contribution in [0, 0.1) is 17.2 Å². The van der Waals surface area contributed by atoms with Crippen molar-refractivity contribution in [2.75, 3.05) is 10.6 Å². The molecule has 0 fully saturated rings. The molecule has 37 heavy (non-hydrogen) atoms. The molecular weight excluding hydrogens is 486 g/mol. The van der Waals surface area contributed by atoms with Crippen molar-refractivity contribution < 1.29 is 14.4 Å². The molecule has 1 aliphatic heterocycles. The van der Waals surface area contributed by atoms with E-state index >= 15 is 0 Å². The Morgan fingerprint density at radius 2 is 1.68 bits per heavy atom. The molecule has 4 aromatic rings. The van der Waals surface area contributed by atoms with E-state index in [9.17, 15) is 19.6 Å². The van der Waals surface area contributed by atoms with Gasteiger partial charge in [0.1, 0.15) is 5.69 Å². The van der Waals surface area contributed by atoms with Gasteiger partial charge in [-0.25, -0.2) is 4.68 Å². The fraction of sp³-hybridized carbons (Fsp3) is 0.107. The lowest BCUT2D eigenvalue weighted by atomic mass is 9.97. The van der Waals surface area contributed by atoms with E-state index < -0.39 is 17.6 Å². The molecule has 2 heterocycles. The number of hydrogen-bond acceptors (Lipinski definition) is 6.